The van der Waals surface area contributed by atoms with Crippen LogP contribution < -0.4 is 10.6 Å². The lowest BCUT2D eigenvalue weighted by atomic mass is 10.1. The number of aromatic nitrogens is 1. The van der Waals surface area contributed by atoms with Crippen LogP contribution in [0.2, 0.25) is 0 Å². The molecule has 0 saturated carbocycles. The monoisotopic (exact) mass is 261 g/mol. The first-order chi connectivity index (χ1) is 7.25. The van der Waals surface area contributed by atoms with Crippen LogP contribution in [0.15, 0.2) is 5.38 Å². The zero-order chi connectivity index (χ0) is 10.7. The summed E-state index contributed by atoms with van der Waals surface area (Å²) in [5.74, 6) is 0. The van der Waals surface area contributed by atoms with Crippen molar-refractivity contribution in [3.05, 3.63) is 16.1 Å². The predicted octanol–water partition coefficient (Wildman–Crippen LogP) is 2.28. The molecule has 2 rings (SSSR count). The highest BCUT2D eigenvalue weighted by Gasteiger charge is 2.17. The van der Waals surface area contributed by atoms with E-state index in [0.717, 1.165) is 12.2 Å². The van der Waals surface area contributed by atoms with Gasteiger partial charge < -0.3 is 10.6 Å². The van der Waals surface area contributed by atoms with Gasteiger partial charge in [-0.3, -0.25) is 0 Å². The summed E-state index contributed by atoms with van der Waals surface area (Å²) in [6, 6.07) is 0.992. The number of halogens is 1. The Morgan fingerprint density at radius 1 is 1.62 bits per heavy atom. The first-order valence-electron chi connectivity index (χ1n) is 5.64. The lowest BCUT2D eigenvalue weighted by Gasteiger charge is -2.26. The molecule has 0 radical (unpaired) electrons. The van der Waals surface area contributed by atoms with E-state index < -0.39 is 0 Å². The minimum Gasteiger partial charge on any atom is -0.315 e. The molecule has 2 unspecified atom stereocenters. The Labute approximate surface area is 107 Å². The Kier molecular flexibility index (Phi) is 5.69. The summed E-state index contributed by atoms with van der Waals surface area (Å²) >= 11 is 1.75. The molecule has 1 aliphatic heterocycles. The van der Waals surface area contributed by atoms with Gasteiger partial charge in [-0.2, -0.15) is 0 Å². The summed E-state index contributed by atoms with van der Waals surface area (Å²) in [5.41, 5.74) is 1.13. The van der Waals surface area contributed by atoms with Gasteiger partial charge in [-0.05, 0) is 33.2 Å². The van der Waals surface area contributed by atoms with E-state index in [1.807, 2.05) is 0 Å². The Morgan fingerprint density at radius 3 is 3.00 bits per heavy atom. The minimum atomic E-state index is 0. The fourth-order valence-corrected chi connectivity index (χ4v) is 2.80. The second-order valence-corrected chi connectivity index (χ2v) is 5.15. The van der Waals surface area contributed by atoms with E-state index in [2.05, 4.69) is 34.8 Å². The van der Waals surface area contributed by atoms with Gasteiger partial charge in [0.2, 0.25) is 0 Å². The quantitative estimate of drug-likeness (QED) is 0.877. The number of rotatable bonds is 3. The smallest absolute Gasteiger partial charge is 0.110 e. The summed E-state index contributed by atoms with van der Waals surface area (Å²) in [4.78, 5) is 4.51. The second-order valence-electron chi connectivity index (χ2n) is 4.26. The molecule has 16 heavy (non-hydrogen) atoms. The van der Waals surface area contributed by atoms with Gasteiger partial charge in [-0.15, -0.1) is 23.7 Å². The van der Waals surface area contributed by atoms with E-state index in [1.165, 1.54) is 24.4 Å². The summed E-state index contributed by atoms with van der Waals surface area (Å²) in [6.07, 6.45) is 2.56. The molecule has 1 fully saturated rings. The van der Waals surface area contributed by atoms with E-state index in [4.69, 9.17) is 0 Å². The molecule has 2 heterocycles. The lowest BCUT2D eigenvalue weighted by molar-refractivity contribution is 0.361. The van der Waals surface area contributed by atoms with Crippen LogP contribution in [-0.4, -0.2) is 24.1 Å². The topological polar surface area (TPSA) is 37.0 Å². The van der Waals surface area contributed by atoms with E-state index >= 15 is 0 Å². The molecule has 5 heteroatoms. The van der Waals surface area contributed by atoms with Crippen molar-refractivity contribution in [2.75, 3.05) is 13.1 Å². The molecule has 1 aromatic rings. The van der Waals surface area contributed by atoms with Crippen molar-refractivity contribution >= 4 is 23.7 Å². The molecule has 0 amide bonds. The van der Waals surface area contributed by atoms with Crippen LogP contribution in [0.1, 0.15) is 36.5 Å². The van der Waals surface area contributed by atoms with Crippen LogP contribution >= 0.6 is 23.7 Å². The van der Waals surface area contributed by atoms with Crippen molar-refractivity contribution in [3.63, 3.8) is 0 Å². The number of hydrogen-bond acceptors (Lipinski definition) is 4. The van der Waals surface area contributed by atoms with Gasteiger partial charge in [0.1, 0.15) is 5.01 Å². The third-order valence-corrected chi connectivity index (χ3v) is 3.94. The number of nitrogens with one attached hydrogen (secondary N) is 2. The zero-order valence-corrected chi connectivity index (χ0v) is 11.5. The maximum atomic E-state index is 4.51. The van der Waals surface area contributed by atoms with Gasteiger partial charge in [0.05, 0.1) is 6.04 Å². The fourth-order valence-electron chi connectivity index (χ4n) is 1.99. The first-order valence-corrected chi connectivity index (χ1v) is 6.52. The second kappa shape index (κ2) is 6.55. The van der Waals surface area contributed by atoms with Gasteiger partial charge in [-0.25, -0.2) is 4.98 Å². The molecule has 0 spiro atoms. The molecule has 0 aromatic carbocycles. The Balaban J connectivity index is 0.00000128. The molecule has 0 bridgehead atoms. The minimum absolute atomic E-state index is 0. The van der Waals surface area contributed by atoms with E-state index in [1.54, 1.807) is 11.3 Å². The molecule has 0 aliphatic carbocycles. The van der Waals surface area contributed by atoms with Crippen molar-refractivity contribution < 1.29 is 0 Å². The number of aryl methyl sites for hydroxylation is 1. The highest BCUT2D eigenvalue weighted by Crippen LogP contribution is 2.18. The van der Waals surface area contributed by atoms with E-state index in [0.29, 0.717) is 12.1 Å². The molecule has 1 aromatic heterocycles. The summed E-state index contributed by atoms with van der Waals surface area (Å²) in [5, 5.41) is 10.4. The van der Waals surface area contributed by atoms with Crippen LogP contribution in [0.25, 0.3) is 0 Å². The highest BCUT2D eigenvalue weighted by atomic mass is 35.5. The van der Waals surface area contributed by atoms with Crippen LogP contribution in [0.3, 0.4) is 0 Å². The number of piperidine rings is 1. The maximum absolute atomic E-state index is 4.51. The van der Waals surface area contributed by atoms with E-state index in [9.17, 15) is 0 Å². The average Bonchev–Trinajstić information content (AvgIpc) is 2.66. The number of hydrogen-bond donors (Lipinski definition) is 2. The van der Waals surface area contributed by atoms with Gasteiger partial charge in [-0.1, -0.05) is 0 Å². The number of thiazole rings is 1. The molecule has 2 atom stereocenters. The van der Waals surface area contributed by atoms with Crippen LogP contribution in [0.5, 0.6) is 0 Å². The summed E-state index contributed by atoms with van der Waals surface area (Å²) in [6.45, 7) is 6.51. The van der Waals surface area contributed by atoms with Gasteiger partial charge in [0.25, 0.3) is 0 Å². The van der Waals surface area contributed by atoms with Gasteiger partial charge in [0.15, 0.2) is 0 Å². The van der Waals surface area contributed by atoms with Crippen LogP contribution in [0, 0.1) is 6.92 Å². The lowest BCUT2D eigenvalue weighted by Crippen LogP contribution is -2.43. The molecule has 1 saturated heterocycles. The Morgan fingerprint density at radius 2 is 2.44 bits per heavy atom. The molecule has 92 valence electrons. The molecular formula is C11H20ClN3S. The van der Waals surface area contributed by atoms with Crippen LogP contribution in [-0.2, 0) is 0 Å². The van der Waals surface area contributed by atoms with Gasteiger partial charge in [0, 0.05) is 23.7 Å². The molecular weight excluding hydrogens is 242 g/mol. The van der Waals surface area contributed by atoms with Crippen molar-refractivity contribution in [3.8, 4) is 0 Å². The van der Waals surface area contributed by atoms with Crippen molar-refractivity contribution in [1.29, 1.82) is 0 Å². The zero-order valence-electron chi connectivity index (χ0n) is 9.82. The van der Waals surface area contributed by atoms with Crippen molar-refractivity contribution in [2.24, 2.45) is 0 Å². The number of nitrogens with zero attached hydrogens (tertiary/aromatic N) is 1. The SMILES string of the molecule is Cc1csc(C(C)NC2CCCNC2)n1.Cl. The molecule has 3 nitrogen and oxygen atoms in total. The summed E-state index contributed by atoms with van der Waals surface area (Å²) in [7, 11) is 0. The Bertz CT molecular complexity index is 310. The van der Waals surface area contributed by atoms with Crippen molar-refractivity contribution in [1.82, 2.24) is 15.6 Å². The first kappa shape index (κ1) is 13.9. The maximum Gasteiger partial charge on any atom is 0.110 e. The fraction of sp³-hybridized carbons (Fsp3) is 0.727. The van der Waals surface area contributed by atoms with E-state index in [-0.39, 0.29) is 12.4 Å². The van der Waals surface area contributed by atoms with Crippen LogP contribution in [0.4, 0.5) is 0 Å². The average molecular weight is 262 g/mol. The standard InChI is InChI=1S/C11H19N3S.ClH/c1-8-7-15-11(13-8)9(2)14-10-4-3-5-12-6-10;/h7,9-10,12,14H,3-6H2,1-2H3;1H. The Hall–Kier alpha value is -0.160. The highest BCUT2D eigenvalue weighted by molar-refractivity contribution is 7.09. The summed E-state index contributed by atoms with van der Waals surface area (Å²) < 4.78 is 0. The third-order valence-electron chi connectivity index (χ3n) is 2.79. The van der Waals surface area contributed by atoms with Crippen molar-refractivity contribution in [2.45, 2.75) is 38.8 Å². The molecule has 2 N–H and O–H groups in total. The van der Waals surface area contributed by atoms with Gasteiger partial charge >= 0.3 is 0 Å². The third kappa shape index (κ3) is 3.70. The molecule has 1 aliphatic rings. The largest absolute Gasteiger partial charge is 0.315 e. The predicted molar refractivity (Wildman–Crippen MR) is 71.5 cm³/mol. The normalized spacial score (nSPS) is 22.5.